The van der Waals surface area contributed by atoms with Crippen LogP contribution in [0.1, 0.15) is 20.8 Å². The van der Waals surface area contributed by atoms with Crippen LogP contribution in [-0.2, 0) is 14.3 Å². The molecule has 0 aliphatic rings. The van der Waals surface area contributed by atoms with Crippen molar-refractivity contribution in [2.45, 2.75) is 26.4 Å². The van der Waals surface area contributed by atoms with Crippen LogP contribution in [0.25, 0.3) is 0 Å². The number of hydrogen-bond acceptors (Lipinski definition) is 4. The highest BCUT2D eigenvalue weighted by molar-refractivity contribution is 5.87. The minimum atomic E-state index is -0.650. The van der Waals surface area contributed by atoms with Crippen LogP contribution in [0.4, 0.5) is 4.79 Å². The molecule has 0 aliphatic carbocycles. The van der Waals surface area contributed by atoms with Crippen molar-refractivity contribution in [1.82, 2.24) is 16.0 Å². The van der Waals surface area contributed by atoms with E-state index in [-0.39, 0.29) is 24.9 Å². The molecule has 108 valence electrons. The van der Waals surface area contributed by atoms with Crippen molar-refractivity contribution in [2.24, 2.45) is 0 Å². The fourth-order valence-electron chi connectivity index (χ4n) is 0.989. The van der Waals surface area contributed by atoms with E-state index in [9.17, 15) is 14.4 Å². The zero-order valence-corrected chi connectivity index (χ0v) is 11.5. The van der Waals surface area contributed by atoms with Gasteiger partial charge in [0.1, 0.15) is 5.60 Å². The smallest absolute Gasteiger partial charge is 0.408 e. The van der Waals surface area contributed by atoms with Gasteiger partial charge < -0.3 is 20.7 Å². The molecule has 3 amide bonds. The van der Waals surface area contributed by atoms with E-state index >= 15 is 0 Å². The summed E-state index contributed by atoms with van der Waals surface area (Å²) in [7, 11) is 0. The molecule has 0 fully saturated rings. The molecule has 0 aliphatic heterocycles. The highest BCUT2D eigenvalue weighted by Gasteiger charge is 2.16. The molecular weight excluding hydrogens is 250 g/mol. The molecule has 0 atom stereocenters. The second-order valence-electron chi connectivity index (χ2n) is 4.70. The Morgan fingerprint density at radius 2 is 1.68 bits per heavy atom. The Morgan fingerprint density at radius 3 is 2.21 bits per heavy atom. The van der Waals surface area contributed by atoms with Gasteiger partial charge in [-0.25, -0.2) is 4.79 Å². The van der Waals surface area contributed by atoms with Gasteiger partial charge >= 0.3 is 6.09 Å². The Morgan fingerprint density at radius 1 is 1.11 bits per heavy atom. The normalized spacial score (nSPS) is 10.3. The van der Waals surface area contributed by atoms with Crippen molar-refractivity contribution in [3.8, 4) is 0 Å². The number of carbonyl (C=O) groups excluding carboxylic acids is 3. The van der Waals surface area contributed by atoms with Crippen LogP contribution in [0.15, 0.2) is 12.7 Å². The monoisotopic (exact) mass is 271 g/mol. The highest BCUT2D eigenvalue weighted by Crippen LogP contribution is 2.05. The van der Waals surface area contributed by atoms with E-state index in [1.165, 1.54) is 0 Å². The standard InChI is InChI=1S/C12H21N3O4/c1-5-9(16)13-6-7-14-10(17)8-15-11(18)19-12(2,3)4/h5H,1,6-8H2,2-4H3,(H,13,16)(H,14,17)(H,15,18). The zero-order valence-electron chi connectivity index (χ0n) is 11.5. The first kappa shape index (κ1) is 16.9. The lowest BCUT2D eigenvalue weighted by atomic mass is 10.2. The van der Waals surface area contributed by atoms with Crippen LogP contribution >= 0.6 is 0 Å². The maximum atomic E-state index is 11.3. The highest BCUT2D eigenvalue weighted by atomic mass is 16.6. The maximum Gasteiger partial charge on any atom is 0.408 e. The lowest BCUT2D eigenvalue weighted by Crippen LogP contribution is -2.41. The van der Waals surface area contributed by atoms with E-state index < -0.39 is 11.7 Å². The molecular formula is C12H21N3O4. The SMILES string of the molecule is C=CC(=O)NCCNC(=O)CNC(=O)OC(C)(C)C. The molecule has 0 aromatic rings. The summed E-state index contributed by atoms with van der Waals surface area (Å²) in [5, 5.41) is 7.35. The third kappa shape index (κ3) is 10.8. The minimum absolute atomic E-state index is 0.176. The summed E-state index contributed by atoms with van der Waals surface area (Å²) in [6.07, 6.45) is 0.494. The van der Waals surface area contributed by atoms with Crippen LogP contribution in [0.3, 0.4) is 0 Å². The van der Waals surface area contributed by atoms with Gasteiger partial charge in [0, 0.05) is 13.1 Å². The maximum absolute atomic E-state index is 11.3. The Labute approximate surface area is 112 Å². The second kappa shape index (κ2) is 8.12. The van der Waals surface area contributed by atoms with Crippen LogP contribution in [0, 0.1) is 0 Å². The van der Waals surface area contributed by atoms with Gasteiger partial charge in [0.2, 0.25) is 11.8 Å². The van der Waals surface area contributed by atoms with Crippen molar-refractivity contribution < 1.29 is 19.1 Å². The van der Waals surface area contributed by atoms with Gasteiger partial charge in [-0.05, 0) is 26.8 Å². The van der Waals surface area contributed by atoms with Gasteiger partial charge in [0.25, 0.3) is 0 Å². The number of ether oxygens (including phenoxy) is 1. The molecule has 19 heavy (non-hydrogen) atoms. The average Bonchev–Trinajstić information content (AvgIpc) is 2.29. The Hall–Kier alpha value is -2.05. The zero-order chi connectivity index (χ0) is 14.9. The van der Waals surface area contributed by atoms with Gasteiger partial charge in [-0.3, -0.25) is 9.59 Å². The van der Waals surface area contributed by atoms with Gasteiger partial charge in [0.05, 0.1) is 6.54 Å². The summed E-state index contributed by atoms with van der Waals surface area (Å²) in [5.41, 5.74) is -0.602. The molecule has 0 saturated heterocycles. The summed E-state index contributed by atoms with van der Waals surface area (Å²) >= 11 is 0. The van der Waals surface area contributed by atoms with Gasteiger partial charge in [-0.15, -0.1) is 0 Å². The van der Waals surface area contributed by atoms with Gasteiger partial charge in [-0.1, -0.05) is 6.58 Å². The molecule has 7 heteroatoms. The number of hydrogen-bond donors (Lipinski definition) is 3. The molecule has 0 spiro atoms. The van der Waals surface area contributed by atoms with Crippen molar-refractivity contribution in [3.63, 3.8) is 0 Å². The Kier molecular flexibility index (Phi) is 7.25. The summed E-state index contributed by atoms with van der Waals surface area (Å²) in [5.74, 6) is -0.667. The van der Waals surface area contributed by atoms with E-state index in [1.54, 1.807) is 20.8 Å². The molecule has 0 unspecified atom stereocenters. The second-order valence-corrected chi connectivity index (χ2v) is 4.70. The predicted molar refractivity (Wildman–Crippen MR) is 70.5 cm³/mol. The minimum Gasteiger partial charge on any atom is -0.444 e. The number of nitrogens with one attached hydrogen (secondary N) is 3. The first-order chi connectivity index (χ1) is 8.74. The quantitative estimate of drug-likeness (QED) is 0.465. The molecule has 0 bridgehead atoms. The van der Waals surface area contributed by atoms with E-state index in [4.69, 9.17) is 4.74 Å². The lowest BCUT2D eigenvalue weighted by molar-refractivity contribution is -0.120. The number of rotatable bonds is 6. The van der Waals surface area contributed by atoms with Crippen LogP contribution < -0.4 is 16.0 Å². The summed E-state index contributed by atoms with van der Waals surface area (Å²) in [6.45, 7) is 8.88. The largest absolute Gasteiger partial charge is 0.444 e. The van der Waals surface area contributed by atoms with E-state index in [2.05, 4.69) is 22.5 Å². The van der Waals surface area contributed by atoms with Crippen molar-refractivity contribution in [2.75, 3.05) is 19.6 Å². The average molecular weight is 271 g/mol. The van der Waals surface area contributed by atoms with E-state index in [0.29, 0.717) is 6.54 Å². The Bertz CT molecular complexity index is 347. The third-order valence-corrected chi connectivity index (χ3v) is 1.72. The molecule has 0 radical (unpaired) electrons. The predicted octanol–water partition coefficient (Wildman–Crippen LogP) is -0.0705. The van der Waals surface area contributed by atoms with Crippen LogP contribution in [0.2, 0.25) is 0 Å². The van der Waals surface area contributed by atoms with Crippen molar-refractivity contribution >= 4 is 17.9 Å². The number of amides is 3. The molecule has 0 aromatic heterocycles. The lowest BCUT2D eigenvalue weighted by Gasteiger charge is -2.19. The van der Waals surface area contributed by atoms with Crippen molar-refractivity contribution in [1.29, 1.82) is 0 Å². The van der Waals surface area contributed by atoms with Crippen LogP contribution in [0.5, 0.6) is 0 Å². The molecule has 0 aromatic carbocycles. The van der Waals surface area contributed by atoms with Crippen LogP contribution in [-0.4, -0.2) is 43.1 Å². The Balaban J connectivity index is 3.68. The molecule has 0 rings (SSSR count). The number of alkyl carbamates (subject to hydrolysis) is 1. The van der Waals surface area contributed by atoms with E-state index in [0.717, 1.165) is 6.08 Å². The summed E-state index contributed by atoms with van der Waals surface area (Å²) in [6, 6.07) is 0. The molecule has 0 heterocycles. The first-order valence-corrected chi connectivity index (χ1v) is 5.88. The molecule has 0 saturated carbocycles. The summed E-state index contributed by atoms with van der Waals surface area (Å²) < 4.78 is 4.96. The topological polar surface area (TPSA) is 96.5 Å². The van der Waals surface area contributed by atoms with Gasteiger partial charge in [0.15, 0.2) is 0 Å². The summed E-state index contributed by atoms with van der Waals surface area (Å²) in [4.78, 5) is 33.3. The molecule has 3 N–H and O–H groups in total. The van der Waals surface area contributed by atoms with E-state index in [1.807, 2.05) is 0 Å². The number of carbonyl (C=O) groups is 3. The van der Waals surface area contributed by atoms with Crippen molar-refractivity contribution in [3.05, 3.63) is 12.7 Å². The van der Waals surface area contributed by atoms with Gasteiger partial charge in [-0.2, -0.15) is 0 Å². The third-order valence-electron chi connectivity index (χ3n) is 1.72. The fraction of sp³-hybridized carbons (Fsp3) is 0.583. The first-order valence-electron chi connectivity index (χ1n) is 5.88. The molecule has 7 nitrogen and oxygen atoms in total. The fourth-order valence-corrected chi connectivity index (χ4v) is 0.989.